The van der Waals surface area contributed by atoms with Gasteiger partial charge in [0.05, 0.1) is 5.75 Å². The van der Waals surface area contributed by atoms with E-state index in [4.69, 9.17) is 0 Å². The Morgan fingerprint density at radius 2 is 1.81 bits per heavy atom. The van der Waals surface area contributed by atoms with Gasteiger partial charge >= 0.3 is 0 Å². The van der Waals surface area contributed by atoms with E-state index in [2.05, 4.69) is 28.5 Å². The minimum absolute atomic E-state index is 0.0110. The van der Waals surface area contributed by atoms with E-state index in [0.717, 1.165) is 29.1 Å². The third-order valence-corrected chi connectivity index (χ3v) is 4.87. The zero-order chi connectivity index (χ0) is 18.4. The maximum absolute atomic E-state index is 12.0. The third-order valence-electron chi connectivity index (χ3n) is 3.94. The van der Waals surface area contributed by atoms with E-state index in [1.165, 1.54) is 11.8 Å². The number of hydrogen-bond acceptors (Lipinski definition) is 4. The molecule has 0 atom stereocenters. The highest BCUT2D eigenvalue weighted by Gasteiger charge is 2.18. The third kappa shape index (κ3) is 4.14. The van der Waals surface area contributed by atoms with Crippen molar-refractivity contribution in [3.05, 3.63) is 60.2 Å². The van der Waals surface area contributed by atoms with Crippen LogP contribution in [-0.4, -0.2) is 33.0 Å². The summed E-state index contributed by atoms with van der Waals surface area (Å²) >= 11 is 1.40. The van der Waals surface area contributed by atoms with Crippen LogP contribution in [-0.2, 0) is 4.79 Å². The molecular weight excluding hydrogens is 344 g/mol. The zero-order valence-corrected chi connectivity index (χ0v) is 15.8. The second kappa shape index (κ2) is 8.67. The van der Waals surface area contributed by atoms with Crippen LogP contribution in [0.3, 0.4) is 0 Å². The van der Waals surface area contributed by atoms with Crippen molar-refractivity contribution in [1.29, 1.82) is 0 Å². The first-order valence-electron chi connectivity index (χ1n) is 8.67. The van der Waals surface area contributed by atoms with Crippen molar-refractivity contribution >= 4 is 17.7 Å². The molecule has 1 amide bonds. The summed E-state index contributed by atoms with van der Waals surface area (Å²) in [5.74, 6) is 1.11. The molecule has 1 N–H and O–H groups in total. The van der Waals surface area contributed by atoms with Crippen LogP contribution in [0.4, 0.5) is 0 Å². The standard InChI is InChI=1S/C20H22N4OS/c1-3-13-21-18(25)14-26-20-23-22-19(17-12-8-7-9-15(17)2)24(20)16-10-5-4-6-11-16/h4-12H,3,13-14H2,1-2H3,(H,21,25). The van der Waals surface area contributed by atoms with Crippen molar-refractivity contribution in [3.63, 3.8) is 0 Å². The van der Waals surface area contributed by atoms with Gasteiger partial charge in [-0.3, -0.25) is 9.36 Å². The first-order chi connectivity index (χ1) is 12.7. The van der Waals surface area contributed by atoms with Gasteiger partial charge in [-0.05, 0) is 31.0 Å². The summed E-state index contributed by atoms with van der Waals surface area (Å²) in [7, 11) is 0. The zero-order valence-electron chi connectivity index (χ0n) is 15.0. The molecule has 0 bridgehead atoms. The first-order valence-corrected chi connectivity index (χ1v) is 9.65. The number of nitrogens with zero attached hydrogens (tertiary/aromatic N) is 3. The van der Waals surface area contributed by atoms with E-state index in [1.807, 2.05) is 60.0 Å². The molecule has 0 radical (unpaired) electrons. The van der Waals surface area contributed by atoms with Crippen LogP contribution in [0.2, 0.25) is 0 Å². The number of carbonyl (C=O) groups excluding carboxylic acids is 1. The predicted octanol–water partition coefficient (Wildman–Crippen LogP) is 3.86. The lowest BCUT2D eigenvalue weighted by molar-refractivity contribution is -0.118. The van der Waals surface area contributed by atoms with Gasteiger partial charge in [0.25, 0.3) is 0 Å². The summed E-state index contributed by atoms with van der Waals surface area (Å²) in [6.45, 7) is 4.79. The molecule has 0 fully saturated rings. The van der Waals surface area contributed by atoms with Gasteiger partial charge in [-0.15, -0.1) is 10.2 Å². The first kappa shape index (κ1) is 18.2. The smallest absolute Gasteiger partial charge is 0.230 e. The molecule has 0 saturated heterocycles. The van der Waals surface area contributed by atoms with Gasteiger partial charge in [0, 0.05) is 17.8 Å². The van der Waals surface area contributed by atoms with Crippen molar-refractivity contribution < 1.29 is 4.79 Å². The summed E-state index contributed by atoms with van der Waals surface area (Å²) < 4.78 is 2.01. The second-order valence-electron chi connectivity index (χ2n) is 5.93. The van der Waals surface area contributed by atoms with Crippen molar-refractivity contribution in [1.82, 2.24) is 20.1 Å². The van der Waals surface area contributed by atoms with Gasteiger partial charge < -0.3 is 5.32 Å². The fraction of sp³-hybridized carbons (Fsp3) is 0.250. The van der Waals surface area contributed by atoms with Crippen LogP contribution in [0.15, 0.2) is 59.8 Å². The average Bonchev–Trinajstić information content (AvgIpc) is 3.09. The molecule has 0 aliphatic heterocycles. The second-order valence-corrected chi connectivity index (χ2v) is 6.87. The molecule has 3 aromatic rings. The van der Waals surface area contributed by atoms with E-state index in [1.54, 1.807) is 0 Å². The number of para-hydroxylation sites is 1. The van der Waals surface area contributed by atoms with E-state index < -0.39 is 0 Å². The largest absolute Gasteiger partial charge is 0.355 e. The highest BCUT2D eigenvalue weighted by molar-refractivity contribution is 7.99. The average molecular weight is 366 g/mol. The molecule has 0 unspecified atom stereocenters. The summed E-state index contributed by atoms with van der Waals surface area (Å²) in [5, 5.41) is 12.4. The minimum Gasteiger partial charge on any atom is -0.355 e. The molecule has 5 nitrogen and oxygen atoms in total. The van der Waals surface area contributed by atoms with Gasteiger partial charge in [0.2, 0.25) is 5.91 Å². The molecule has 0 spiro atoms. The number of nitrogens with one attached hydrogen (secondary N) is 1. The van der Waals surface area contributed by atoms with Gasteiger partial charge in [0.1, 0.15) is 0 Å². The molecule has 1 aromatic heterocycles. The molecule has 26 heavy (non-hydrogen) atoms. The van der Waals surface area contributed by atoms with E-state index in [0.29, 0.717) is 17.5 Å². The summed E-state index contributed by atoms with van der Waals surface area (Å²) in [6, 6.07) is 18.1. The maximum Gasteiger partial charge on any atom is 0.230 e. The van der Waals surface area contributed by atoms with Gasteiger partial charge in [-0.2, -0.15) is 0 Å². The highest BCUT2D eigenvalue weighted by atomic mass is 32.2. The van der Waals surface area contributed by atoms with Crippen LogP contribution in [0.1, 0.15) is 18.9 Å². The number of thioether (sulfide) groups is 1. The molecule has 6 heteroatoms. The van der Waals surface area contributed by atoms with Crippen LogP contribution >= 0.6 is 11.8 Å². The van der Waals surface area contributed by atoms with Crippen molar-refractivity contribution in [2.75, 3.05) is 12.3 Å². The predicted molar refractivity (Wildman–Crippen MR) is 106 cm³/mol. The molecule has 1 heterocycles. The van der Waals surface area contributed by atoms with Gasteiger partial charge in [0.15, 0.2) is 11.0 Å². The highest BCUT2D eigenvalue weighted by Crippen LogP contribution is 2.29. The number of aromatic nitrogens is 3. The fourth-order valence-corrected chi connectivity index (χ4v) is 3.40. The molecular formula is C20H22N4OS. The number of hydrogen-bond donors (Lipinski definition) is 1. The molecule has 134 valence electrons. The van der Waals surface area contributed by atoms with Crippen LogP contribution < -0.4 is 5.32 Å². The Morgan fingerprint density at radius 3 is 2.54 bits per heavy atom. The Hall–Kier alpha value is -2.60. The van der Waals surface area contributed by atoms with E-state index >= 15 is 0 Å². The van der Waals surface area contributed by atoms with Crippen molar-refractivity contribution in [3.8, 4) is 17.1 Å². The topological polar surface area (TPSA) is 59.8 Å². The number of amides is 1. The number of benzene rings is 2. The fourth-order valence-electron chi connectivity index (χ4n) is 2.62. The summed E-state index contributed by atoms with van der Waals surface area (Å²) in [4.78, 5) is 12.0. The number of rotatable bonds is 7. The van der Waals surface area contributed by atoms with Crippen molar-refractivity contribution in [2.24, 2.45) is 0 Å². The summed E-state index contributed by atoms with van der Waals surface area (Å²) in [5.41, 5.74) is 3.15. The van der Waals surface area contributed by atoms with Crippen LogP contribution in [0.5, 0.6) is 0 Å². The van der Waals surface area contributed by atoms with E-state index in [9.17, 15) is 4.79 Å². The quantitative estimate of drug-likeness (QED) is 0.645. The Balaban J connectivity index is 1.96. The van der Waals surface area contributed by atoms with Gasteiger partial charge in [-0.25, -0.2) is 0 Å². The molecule has 2 aromatic carbocycles. The SMILES string of the molecule is CCCNC(=O)CSc1nnc(-c2ccccc2C)n1-c1ccccc1. The Kier molecular flexibility index (Phi) is 6.07. The van der Waals surface area contributed by atoms with Crippen molar-refractivity contribution in [2.45, 2.75) is 25.4 Å². The lowest BCUT2D eigenvalue weighted by atomic mass is 10.1. The lowest BCUT2D eigenvalue weighted by Crippen LogP contribution is -2.25. The number of aryl methyl sites for hydroxylation is 1. The minimum atomic E-state index is 0.0110. The monoisotopic (exact) mass is 366 g/mol. The van der Waals surface area contributed by atoms with Crippen LogP contribution in [0.25, 0.3) is 17.1 Å². The summed E-state index contributed by atoms with van der Waals surface area (Å²) in [6.07, 6.45) is 0.925. The van der Waals surface area contributed by atoms with Gasteiger partial charge in [-0.1, -0.05) is 61.2 Å². The maximum atomic E-state index is 12.0. The molecule has 0 aliphatic rings. The Bertz CT molecular complexity index is 877. The van der Waals surface area contributed by atoms with Crippen LogP contribution in [0, 0.1) is 6.92 Å². The number of carbonyl (C=O) groups is 1. The molecule has 0 saturated carbocycles. The molecule has 3 rings (SSSR count). The molecule has 0 aliphatic carbocycles. The lowest BCUT2D eigenvalue weighted by Gasteiger charge is -2.11. The van der Waals surface area contributed by atoms with E-state index in [-0.39, 0.29) is 5.91 Å². The Labute approximate surface area is 157 Å². The Morgan fingerprint density at radius 1 is 1.08 bits per heavy atom. The normalized spacial score (nSPS) is 10.7.